The second kappa shape index (κ2) is 7.20. The van der Waals surface area contributed by atoms with E-state index in [1.54, 1.807) is 33.8 Å². The van der Waals surface area contributed by atoms with Gasteiger partial charge >= 0.3 is 0 Å². The number of benzene rings is 2. The predicted molar refractivity (Wildman–Crippen MR) is 105 cm³/mol. The molecule has 0 saturated carbocycles. The first-order chi connectivity index (χ1) is 14.6. The van der Waals surface area contributed by atoms with Gasteiger partial charge in [0.1, 0.15) is 6.61 Å². The van der Waals surface area contributed by atoms with Gasteiger partial charge in [0.15, 0.2) is 0 Å². The highest BCUT2D eigenvalue weighted by atomic mass is 16.5. The highest BCUT2D eigenvalue weighted by Gasteiger charge is 2.35. The number of aromatic nitrogens is 3. The molecule has 1 aromatic heterocycles. The zero-order valence-corrected chi connectivity index (χ0v) is 15.9. The number of hydrogen-bond acceptors (Lipinski definition) is 6. The summed E-state index contributed by atoms with van der Waals surface area (Å²) >= 11 is 0. The molecular weight excluding hydrogens is 386 g/mol. The molecule has 9 heteroatoms. The van der Waals surface area contributed by atoms with Crippen LogP contribution in [0.4, 0.5) is 5.69 Å². The summed E-state index contributed by atoms with van der Waals surface area (Å²) in [7, 11) is 0. The maximum atomic E-state index is 12.6. The number of amides is 3. The smallest absolute Gasteiger partial charge is 0.261 e. The van der Waals surface area contributed by atoms with Crippen LogP contribution in [0, 0.1) is 0 Å². The van der Waals surface area contributed by atoms with Crippen molar-refractivity contribution in [2.75, 3.05) is 24.7 Å². The Kier molecular flexibility index (Phi) is 4.36. The van der Waals surface area contributed by atoms with Crippen molar-refractivity contribution >= 4 is 23.4 Å². The van der Waals surface area contributed by atoms with Gasteiger partial charge in [-0.25, -0.2) is 4.68 Å². The third-order valence-corrected chi connectivity index (χ3v) is 5.21. The molecule has 3 amide bonds. The zero-order valence-electron chi connectivity index (χ0n) is 15.9. The van der Waals surface area contributed by atoms with E-state index in [9.17, 15) is 14.4 Å². The van der Waals surface area contributed by atoms with Crippen LogP contribution in [0.5, 0.6) is 0 Å². The summed E-state index contributed by atoms with van der Waals surface area (Å²) < 4.78 is 6.74. The zero-order chi connectivity index (χ0) is 20.7. The Morgan fingerprint density at radius 1 is 0.900 bits per heavy atom. The lowest BCUT2D eigenvalue weighted by molar-refractivity contribution is -0.125. The van der Waals surface area contributed by atoms with Gasteiger partial charge in [-0.05, 0) is 36.4 Å². The molecule has 2 aliphatic rings. The van der Waals surface area contributed by atoms with E-state index >= 15 is 0 Å². The Morgan fingerprint density at radius 3 is 2.23 bits per heavy atom. The van der Waals surface area contributed by atoms with Crippen molar-refractivity contribution in [1.29, 1.82) is 0 Å². The summed E-state index contributed by atoms with van der Waals surface area (Å²) in [4.78, 5) is 40.2. The second-order valence-electron chi connectivity index (χ2n) is 6.99. The van der Waals surface area contributed by atoms with Crippen LogP contribution >= 0.6 is 0 Å². The van der Waals surface area contributed by atoms with Gasteiger partial charge in [-0.2, -0.15) is 0 Å². The standard InChI is InChI=1S/C21H17N5O4/c27-19-13-30-10-9-24(19)14-5-7-15(8-6-14)26-16(11-22-23-26)12-25-20(28)17-3-1-2-4-18(17)21(25)29/h1-8,11H,9-10,12-13H2. The first kappa shape index (κ1) is 18.2. The van der Waals surface area contributed by atoms with Crippen LogP contribution in [-0.4, -0.2) is 57.4 Å². The summed E-state index contributed by atoms with van der Waals surface area (Å²) in [5.74, 6) is -0.741. The van der Waals surface area contributed by atoms with Crippen LogP contribution < -0.4 is 4.90 Å². The Bertz CT molecular complexity index is 1120. The van der Waals surface area contributed by atoms with Gasteiger partial charge in [0.05, 0.1) is 41.9 Å². The fraction of sp³-hybridized carbons (Fsp3) is 0.190. The molecule has 0 radical (unpaired) electrons. The van der Waals surface area contributed by atoms with E-state index in [0.717, 1.165) is 5.69 Å². The van der Waals surface area contributed by atoms with E-state index in [1.165, 1.54) is 11.1 Å². The molecule has 3 aromatic rings. The van der Waals surface area contributed by atoms with Gasteiger partial charge < -0.3 is 9.64 Å². The van der Waals surface area contributed by atoms with Crippen LogP contribution in [0.15, 0.2) is 54.7 Å². The maximum absolute atomic E-state index is 12.6. The minimum absolute atomic E-state index is 0.0586. The van der Waals surface area contributed by atoms with Gasteiger partial charge in [0.2, 0.25) is 0 Å². The Labute approximate surface area is 171 Å². The Morgan fingerprint density at radius 2 is 1.57 bits per heavy atom. The lowest BCUT2D eigenvalue weighted by Crippen LogP contribution is -2.41. The number of rotatable bonds is 4. The Hall–Kier alpha value is -3.85. The number of hydrogen-bond donors (Lipinski definition) is 0. The first-order valence-corrected chi connectivity index (χ1v) is 9.47. The van der Waals surface area contributed by atoms with Crippen molar-refractivity contribution in [2.45, 2.75) is 6.54 Å². The van der Waals surface area contributed by atoms with Crippen LogP contribution in [0.2, 0.25) is 0 Å². The van der Waals surface area contributed by atoms with Crippen molar-refractivity contribution in [1.82, 2.24) is 19.9 Å². The minimum atomic E-state index is -0.329. The predicted octanol–water partition coefficient (Wildman–Crippen LogP) is 1.43. The first-order valence-electron chi connectivity index (χ1n) is 9.47. The summed E-state index contributed by atoms with van der Waals surface area (Å²) in [6.45, 7) is 1.14. The van der Waals surface area contributed by atoms with Crippen molar-refractivity contribution < 1.29 is 19.1 Å². The van der Waals surface area contributed by atoms with Gasteiger partial charge in [0, 0.05) is 12.2 Å². The fourth-order valence-corrected chi connectivity index (χ4v) is 3.69. The molecule has 0 N–H and O–H groups in total. The molecule has 2 aromatic carbocycles. The molecule has 0 aliphatic carbocycles. The van der Waals surface area contributed by atoms with E-state index < -0.39 is 0 Å². The molecule has 150 valence electrons. The molecule has 0 atom stereocenters. The lowest BCUT2D eigenvalue weighted by Gasteiger charge is -2.27. The average Bonchev–Trinajstić information content (AvgIpc) is 3.34. The summed E-state index contributed by atoms with van der Waals surface area (Å²) in [6, 6.07) is 14.1. The number of carbonyl (C=O) groups is 3. The molecule has 0 bridgehead atoms. The summed E-state index contributed by atoms with van der Waals surface area (Å²) in [5.41, 5.74) is 2.89. The number of morpholine rings is 1. The van der Waals surface area contributed by atoms with Crippen molar-refractivity contribution in [3.8, 4) is 5.69 Å². The highest BCUT2D eigenvalue weighted by molar-refractivity contribution is 6.21. The topological polar surface area (TPSA) is 97.6 Å². The minimum Gasteiger partial charge on any atom is -0.370 e. The van der Waals surface area contributed by atoms with Gasteiger partial charge in [-0.15, -0.1) is 5.10 Å². The van der Waals surface area contributed by atoms with E-state index in [2.05, 4.69) is 10.3 Å². The highest BCUT2D eigenvalue weighted by Crippen LogP contribution is 2.25. The summed E-state index contributed by atoms with van der Waals surface area (Å²) in [6.07, 6.45) is 1.53. The van der Waals surface area contributed by atoms with Crippen LogP contribution in [-0.2, 0) is 16.1 Å². The molecule has 3 heterocycles. The molecule has 0 spiro atoms. The van der Waals surface area contributed by atoms with Crippen LogP contribution in [0.3, 0.4) is 0 Å². The van der Waals surface area contributed by atoms with Crippen LogP contribution in [0.25, 0.3) is 5.69 Å². The third-order valence-electron chi connectivity index (χ3n) is 5.21. The van der Waals surface area contributed by atoms with Gasteiger partial charge in [-0.3, -0.25) is 19.3 Å². The number of ether oxygens (including phenoxy) is 1. The summed E-state index contributed by atoms with van der Waals surface area (Å²) in [5, 5.41) is 8.05. The number of imide groups is 1. The third kappa shape index (κ3) is 2.96. The SMILES string of the molecule is O=C1c2ccccc2C(=O)N1Cc1cnnn1-c1ccc(N2CCOCC2=O)cc1. The monoisotopic (exact) mass is 403 g/mol. The van der Waals surface area contributed by atoms with Crippen LogP contribution in [0.1, 0.15) is 26.4 Å². The Balaban J connectivity index is 1.39. The number of fused-ring (bicyclic) bond motifs is 1. The van der Waals surface area contributed by atoms with E-state index in [0.29, 0.717) is 35.7 Å². The molecule has 2 aliphatic heterocycles. The number of carbonyl (C=O) groups excluding carboxylic acids is 3. The van der Waals surface area contributed by atoms with Gasteiger partial charge in [-0.1, -0.05) is 17.3 Å². The van der Waals surface area contributed by atoms with E-state index in [-0.39, 0.29) is 30.9 Å². The average molecular weight is 403 g/mol. The van der Waals surface area contributed by atoms with E-state index in [1.807, 2.05) is 24.3 Å². The number of nitrogens with zero attached hydrogens (tertiary/aromatic N) is 5. The molecule has 1 saturated heterocycles. The van der Waals surface area contributed by atoms with Gasteiger partial charge in [0.25, 0.3) is 17.7 Å². The molecule has 1 fully saturated rings. The van der Waals surface area contributed by atoms with Crippen molar-refractivity contribution in [3.05, 3.63) is 71.5 Å². The fourth-order valence-electron chi connectivity index (χ4n) is 3.69. The molecule has 0 unspecified atom stereocenters. The maximum Gasteiger partial charge on any atom is 0.261 e. The molecule has 30 heavy (non-hydrogen) atoms. The molecular formula is C21H17N5O4. The number of anilines is 1. The molecule has 9 nitrogen and oxygen atoms in total. The van der Waals surface area contributed by atoms with E-state index in [4.69, 9.17) is 4.74 Å². The quantitative estimate of drug-likeness (QED) is 0.612. The second-order valence-corrected chi connectivity index (χ2v) is 6.99. The normalized spacial score (nSPS) is 16.3. The largest absolute Gasteiger partial charge is 0.370 e. The van der Waals surface area contributed by atoms with Crippen molar-refractivity contribution in [3.63, 3.8) is 0 Å². The van der Waals surface area contributed by atoms with Crippen molar-refractivity contribution in [2.24, 2.45) is 0 Å². The molecule has 5 rings (SSSR count). The lowest BCUT2D eigenvalue weighted by atomic mass is 10.1.